The molecule has 0 fully saturated rings. The Morgan fingerprint density at radius 3 is 2.44 bits per heavy atom. The van der Waals surface area contributed by atoms with Crippen LogP contribution in [0, 0.1) is 0 Å². The molecule has 1 aromatic rings. The quantitative estimate of drug-likeness (QED) is 0.738. The highest BCUT2D eigenvalue weighted by atomic mass is 16.5. The number of benzene rings is 1. The topological polar surface area (TPSA) is 69.4 Å². The van der Waals surface area contributed by atoms with Gasteiger partial charge in [-0.2, -0.15) is 0 Å². The van der Waals surface area contributed by atoms with E-state index in [1.807, 2.05) is 30.3 Å². The van der Waals surface area contributed by atoms with Gasteiger partial charge in [0.2, 0.25) is 5.91 Å². The fourth-order valence-corrected chi connectivity index (χ4v) is 1.22. The van der Waals surface area contributed by atoms with Crippen molar-refractivity contribution in [2.75, 3.05) is 0 Å². The average molecular weight is 221 g/mol. The molecule has 4 nitrogen and oxygen atoms in total. The van der Waals surface area contributed by atoms with E-state index in [1.165, 1.54) is 0 Å². The highest BCUT2D eigenvalue weighted by Gasteiger charge is 2.04. The molecule has 0 atom stereocenters. The Morgan fingerprint density at radius 1 is 1.12 bits per heavy atom. The number of ether oxygens (including phenoxy) is 1. The molecule has 16 heavy (non-hydrogen) atoms. The third kappa shape index (κ3) is 5.14. The molecule has 0 aromatic heterocycles. The minimum atomic E-state index is -0.393. The van der Waals surface area contributed by atoms with Crippen molar-refractivity contribution in [1.29, 1.82) is 0 Å². The summed E-state index contributed by atoms with van der Waals surface area (Å²) in [4.78, 5) is 21.7. The number of esters is 1. The van der Waals surface area contributed by atoms with Gasteiger partial charge in [-0.1, -0.05) is 30.3 Å². The van der Waals surface area contributed by atoms with Crippen molar-refractivity contribution in [2.45, 2.75) is 25.9 Å². The molecule has 1 amide bonds. The van der Waals surface area contributed by atoms with Crippen molar-refractivity contribution in [1.82, 2.24) is 0 Å². The number of rotatable bonds is 6. The molecular weight excluding hydrogens is 206 g/mol. The van der Waals surface area contributed by atoms with Crippen LogP contribution in [0.1, 0.15) is 24.8 Å². The maximum Gasteiger partial charge on any atom is 0.306 e. The number of nitrogens with two attached hydrogens (primary N) is 1. The van der Waals surface area contributed by atoms with Crippen LogP contribution in [0.4, 0.5) is 0 Å². The Hall–Kier alpha value is -1.84. The molecule has 0 saturated heterocycles. The van der Waals surface area contributed by atoms with Crippen LogP contribution in [0.5, 0.6) is 0 Å². The zero-order valence-electron chi connectivity index (χ0n) is 9.02. The van der Waals surface area contributed by atoms with Crippen LogP contribution in [0.2, 0.25) is 0 Å². The summed E-state index contributed by atoms with van der Waals surface area (Å²) in [6.45, 7) is 0.274. The van der Waals surface area contributed by atoms with E-state index < -0.39 is 5.91 Å². The Bertz CT molecular complexity index is 349. The summed E-state index contributed by atoms with van der Waals surface area (Å²) in [5, 5.41) is 0. The van der Waals surface area contributed by atoms with Gasteiger partial charge >= 0.3 is 5.97 Å². The smallest absolute Gasteiger partial charge is 0.306 e. The first kappa shape index (κ1) is 12.2. The molecule has 4 heteroatoms. The van der Waals surface area contributed by atoms with Gasteiger partial charge < -0.3 is 10.5 Å². The van der Waals surface area contributed by atoms with Crippen LogP contribution in [-0.4, -0.2) is 11.9 Å². The van der Waals surface area contributed by atoms with E-state index in [0.717, 1.165) is 5.56 Å². The summed E-state index contributed by atoms with van der Waals surface area (Å²) in [5.74, 6) is -0.694. The predicted octanol–water partition coefficient (Wildman–Crippen LogP) is 1.39. The molecule has 0 aliphatic carbocycles. The zero-order chi connectivity index (χ0) is 11.8. The van der Waals surface area contributed by atoms with E-state index in [2.05, 4.69) is 0 Å². The van der Waals surface area contributed by atoms with Crippen molar-refractivity contribution < 1.29 is 14.3 Å². The Kier molecular flexibility index (Phi) is 5.05. The lowest BCUT2D eigenvalue weighted by molar-refractivity contribution is -0.145. The third-order valence-corrected chi connectivity index (χ3v) is 2.05. The van der Waals surface area contributed by atoms with Gasteiger partial charge in [-0.3, -0.25) is 9.59 Å². The Labute approximate surface area is 94.4 Å². The zero-order valence-corrected chi connectivity index (χ0v) is 9.02. The Morgan fingerprint density at radius 2 is 1.81 bits per heavy atom. The summed E-state index contributed by atoms with van der Waals surface area (Å²) < 4.78 is 5.02. The minimum absolute atomic E-state index is 0.223. The molecule has 1 aromatic carbocycles. The van der Waals surface area contributed by atoms with Gasteiger partial charge in [0.05, 0.1) is 0 Å². The second-order valence-electron chi connectivity index (χ2n) is 3.47. The number of primary amides is 1. The first-order valence-corrected chi connectivity index (χ1v) is 5.16. The van der Waals surface area contributed by atoms with Gasteiger partial charge in [-0.15, -0.1) is 0 Å². The van der Waals surface area contributed by atoms with Gasteiger partial charge in [0, 0.05) is 12.8 Å². The van der Waals surface area contributed by atoms with Crippen LogP contribution in [0.15, 0.2) is 30.3 Å². The van der Waals surface area contributed by atoms with Crippen LogP contribution in [0.25, 0.3) is 0 Å². The lowest BCUT2D eigenvalue weighted by Crippen LogP contribution is -2.11. The summed E-state index contributed by atoms with van der Waals surface area (Å²) in [7, 11) is 0. The summed E-state index contributed by atoms with van der Waals surface area (Å²) >= 11 is 0. The predicted molar refractivity (Wildman–Crippen MR) is 59.3 cm³/mol. The maximum absolute atomic E-state index is 11.2. The highest BCUT2D eigenvalue weighted by Crippen LogP contribution is 2.03. The number of carbonyl (C=O) groups is 2. The second kappa shape index (κ2) is 6.61. The van der Waals surface area contributed by atoms with E-state index in [9.17, 15) is 9.59 Å². The summed E-state index contributed by atoms with van der Waals surface area (Å²) in [6, 6.07) is 9.44. The molecule has 0 aliphatic heterocycles. The molecule has 86 valence electrons. The van der Waals surface area contributed by atoms with Crippen LogP contribution >= 0.6 is 0 Å². The van der Waals surface area contributed by atoms with Crippen molar-refractivity contribution in [3.63, 3.8) is 0 Å². The molecule has 0 aliphatic rings. The number of amides is 1. The average Bonchev–Trinajstić information content (AvgIpc) is 2.27. The summed E-state index contributed by atoms with van der Waals surface area (Å²) in [6.07, 6.45) is 0.902. The van der Waals surface area contributed by atoms with E-state index >= 15 is 0 Å². The highest BCUT2D eigenvalue weighted by molar-refractivity contribution is 5.75. The van der Waals surface area contributed by atoms with Gasteiger partial charge in [-0.05, 0) is 12.0 Å². The molecule has 0 heterocycles. The fourth-order valence-electron chi connectivity index (χ4n) is 1.22. The maximum atomic E-state index is 11.2. The van der Waals surface area contributed by atoms with E-state index in [0.29, 0.717) is 6.42 Å². The van der Waals surface area contributed by atoms with Gasteiger partial charge in [-0.25, -0.2) is 0 Å². The monoisotopic (exact) mass is 221 g/mol. The minimum Gasteiger partial charge on any atom is -0.461 e. The van der Waals surface area contributed by atoms with Crippen molar-refractivity contribution in [3.05, 3.63) is 35.9 Å². The molecular formula is C12H15NO3. The standard InChI is InChI=1S/C12H15NO3/c13-11(14)7-4-8-12(15)16-9-10-5-2-1-3-6-10/h1-3,5-6H,4,7-9H2,(H2,13,14). The van der Waals surface area contributed by atoms with Crippen LogP contribution in [0.3, 0.4) is 0 Å². The SMILES string of the molecule is NC(=O)CCCC(=O)OCc1ccccc1. The van der Waals surface area contributed by atoms with Gasteiger partial charge in [0.15, 0.2) is 0 Å². The molecule has 0 saturated carbocycles. The largest absolute Gasteiger partial charge is 0.461 e. The molecule has 0 spiro atoms. The first-order chi connectivity index (χ1) is 7.68. The molecule has 1 rings (SSSR count). The fraction of sp³-hybridized carbons (Fsp3) is 0.333. The van der Waals surface area contributed by atoms with Crippen molar-refractivity contribution in [3.8, 4) is 0 Å². The number of carbonyl (C=O) groups excluding carboxylic acids is 2. The Balaban J connectivity index is 2.18. The lowest BCUT2D eigenvalue weighted by Gasteiger charge is -2.04. The first-order valence-electron chi connectivity index (χ1n) is 5.16. The number of hydrogen-bond donors (Lipinski definition) is 1. The van der Waals surface area contributed by atoms with Crippen molar-refractivity contribution >= 4 is 11.9 Å². The lowest BCUT2D eigenvalue weighted by atomic mass is 10.2. The van der Waals surface area contributed by atoms with Crippen LogP contribution < -0.4 is 5.73 Å². The third-order valence-electron chi connectivity index (χ3n) is 2.05. The molecule has 0 radical (unpaired) electrons. The van der Waals surface area contributed by atoms with Crippen molar-refractivity contribution in [2.24, 2.45) is 5.73 Å². The molecule has 2 N–H and O–H groups in total. The van der Waals surface area contributed by atoms with Crippen LogP contribution in [-0.2, 0) is 20.9 Å². The van der Waals surface area contributed by atoms with E-state index in [4.69, 9.17) is 10.5 Å². The molecule has 0 unspecified atom stereocenters. The number of hydrogen-bond acceptors (Lipinski definition) is 3. The normalized spacial score (nSPS) is 9.75. The molecule has 0 bridgehead atoms. The second-order valence-corrected chi connectivity index (χ2v) is 3.47. The van der Waals surface area contributed by atoms with Gasteiger partial charge in [0.25, 0.3) is 0 Å². The summed E-state index contributed by atoms with van der Waals surface area (Å²) in [5.41, 5.74) is 5.90. The van der Waals surface area contributed by atoms with Gasteiger partial charge in [0.1, 0.15) is 6.61 Å². The van der Waals surface area contributed by atoms with E-state index in [1.54, 1.807) is 0 Å². The van der Waals surface area contributed by atoms with E-state index in [-0.39, 0.29) is 25.4 Å².